The number of methoxy groups -OCH3 is 1. The first kappa shape index (κ1) is 20.8. The number of aromatic nitrogens is 3. The average molecular weight is 439 g/mol. The highest BCUT2D eigenvalue weighted by molar-refractivity contribution is 6.06. The lowest BCUT2D eigenvalue weighted by Gasteiger charge is -2.13. The van der Waals surface area contributed by atoms with Crippen molar-refractivity contribution in [2.45, 2.75) is 19.4 Å². The first-order valence-electron chi connectivity index (χ1n) is 11.1. The number of fused-ring (bicyclic) bond motifs is 3. The van der Waals surface area contributed by atoms with Crippen LogP contribution >= 0.6 is 0 Å². The van der Waals surface area contributed by atoms with Gasteiger partial charge < -0.3 is 19.8 Å². The Morgan fingerprint density at radius 1 is 1.03 bits per heavy atom. The van der Waals surface area contributed by atoms with Crippen LogP contribution in [0.5, 0.6) is 5.75 Å². The van der Waals surface area contributed by atoms with Gasteiger partial charge in [0, 0.05) is 11.8 Å². The Labute approximate surface area is 192 Å². The quantitative estimate of drug-likeness (QED) is 0.430. The average Bonchev–Trinajstić information content (AvgIpc) is 3.01. The second-order valence-corrected chi connectivity index (χ2v) is 7.89. The first-order chi connectivity index (χ1) is 16.2. The van der Waals surface area contributed by atoms with Crippen molar-refractivity contribution >= 4 is 27.8 Å². The summed E-state index contributed by atoms with van der Waals surface area (Å²) in [5.74, 6) is 3.09. The van der Waals surface area contributed by atoms with Crippen LogP contribution in [0, 0.1) is 0 Å². The Hall–Kier alpha value is -4.06. The minimum absolute atomic E-state index is 0.444. The van der Waals surface area contributed by atoms with Gasteiger partial charge in [-0.2, -0.15) is 0 Å². The van der Waals surface area contributed by atoms with Gasteiger partial charge in [0.15, 0.2) is 5.82 Å². The van der Waals surface area contributed by atoms with Gasteiger partial charge >= 0.3 is 0 Å². The van der Waals surface area contributed by atoms with Gasteiger partial charge in [0.1, 0.15) is 29.5 Å². The molecule has 0 radical (unpaired) electrons. The monoisotopic (exact) mass is 438 g/mol. The zero-order valence-corrected chi connectivity index (χ0v) is 18.6. The topological polar surface area (TPSA) is 75.2 Å². The summed E-state index contributed by atoms with van der Waals surface area (Å²) in [6.45, 7) is 1.17. The van der Waals surface area contributed by atoms with E-state index in [2.05, 4.69) is 39.9 Å². The number of nitrogen functional groups attached to an aromatic ring is 1. The van der Waals surface area contributed by atoms with Gasteiger partial charge in [-0.05, 0) is 42.3 Å². The van der Waals surface area contributed by atoms with E-state index in [-0.39, 0.29) is 0 Å². The second-order valence-electron chi connectivity index (χ2n) is 7.89. The lowest BCUT2D eigenvalue weighted by atomic mass is 10.1. The number of rotatable bonds is 7. The van der Waals surface area contributed by atoms with E-state index in [9.17, 15) is 0 Å². The van der Waals surface area contributed by atoms with E-state index >= 15 is 0 Å². The molecule has 0 unspecified atom stereocenters. The molecule has 0 spiro atoms. The summed E-state index contributed by atoms with van der Waals surface area (Å²) < 4.78 is 13.6. The molecule has 0 bridgehead atoms. The van der Waals surface area contributed by atoms with Crippen LogP contribution in [-0.2, 0) is 17.7 Å². The fourth-order valence-corrected chi connectivity index (χ4v) is 4.13. The third kappa shape index (κ3) is 4.32. The smallest absolute Gasteiger partial charge is 0.152 e. The summed E-state index contributed by atoms with van der Waals surface area (Å²) in [5, 5.41) is 1.04. The van der Waals surface area contributed by atoms with Crippen molar-refractivity contribution in [2.24, 2.45) is 0 Å². The number of hydrogen-bond donors (Lipinski definition) is 1. The van der Waals surface area contributed by atoms with Crippen molar-refractivity contribution in [3.05, 3.63) is 96.1 Å². The van der Waals surface area contributed by atoms with E-state index in [0.29, 0.717) is 25.4 Å². The number of hydrogen-bond acceptors (Lipinski definition) is 5. The van der Waals surface area contributed by atoms with E-state index in [1.807, 2.05) is 48.6 Å². The molecule has 166 valence electrons. The molecule has 4 aromatic rings. The molecule has 0 atom stereocenters. The highest BCUT2D eigenvalue weighted by Crippen LogP contribution is 2.30. The van der Waals surface area contributed by atoms with Crippen molar-refractivity contribution in [3.63, 3.8) is 0 Å². The number of allylic oxidation sites excluding steroid dienone is 5. The summed E-state index contributed by atoms with van der Waals surface area (Å²) in [7, 11) is 1.67. The van der Waals surface area contributed by atoms with Gasteiger partial charge in [0.25, 0.3) is 0 Å². The number of ether oxygens (including phenoxy) is 2. The molecule has 6 nitrogen and oxygen atoms in total. The van der Waals surface area contributed by atoms with Gasteiger partial charge in [0.2, 0.25) is 0 Å². The molecule has 1 aliphatic carbocycles. The molecule has 0 saturated carbocycles. The van der Waals surface area contributed by atoms with E-state index in [0.717, 1.165) is 51.3 Å². The molecule has 33 heavy (non-hydrogen) atoms. The Bertz CT molecular complexity index is 1380. The summed E-state index contributed by atoms with van der Waals surface area (Å²) in [5.41, 5.74) is 10.1. The third-order valence-corrected chi connectivity index (χ3v) is 5.76. The Balaban J connectivity index is 1.53. The minimum Gasteiger partial charge on any atom is -0.497 e. The SMILES string of the molecule is COc1ccc(Cc2nc3c(N)nc4ccccc4c3n2CCOC2=CCC=CC=C2)cc1. The molecule has 0 saturated heterocycles. The highest BCUT2D eigenvalue weighted by Gasteiger charge is 2.18. The van der Waals surface area contributed by atoms with Gasteiger partial charge in [-0.25, -0.2) is 9.97 Å². The second kappa shape index (κ2) is 9.20. The predicted molar refractivity (Wildman–Crippen MR) is 132 cm³/mol. The van der Waals surface area contributed by atoms with Crippen molar-refractivity contribution in [2.75, 3.05) is 19.5 Å². The molecular formula is C27H26N4O2. The van der Waals surface area contributed by atoms with Crippen molar-refractivity contribution < 1.29 is 9.47 Å². The molecular weight excluding hydrogens is 412 g/mol. The van der Waals surface area contributed by atoms with E-state index in [1.54, 1.807) is 7.11 Å². The fraction of sp³-hybridized carbons (Fsp3) is 0.185. The van der Waals surface area contributed by atoms with Gasteiger partial charge in [-0.1, -0.05) is 48.6 Å². The summed E-state index contributed by atoms with van der Waals surface area (Å²) in [4.78, 5) is 9.51. The zero-order valence-electron chi connectivity index (χ0n) is 18.6. The number of nitrogens with two attached hydrogens (primary N) is 1. The normalized spacial score (nSPS) is 13.3. The van der Waals surface area contributed by atoms with Crippen LogP contribution in [0.15, 0.2) is 84.7 Å². The molecule has 0 aliphatic heterocycles. The fourth-order valence-electron chi connectivity index (χ4n) is 4.13. The number of imidazole rings is 1. The van der Waals surface area contributed by atoms with E-state index in [4.69, 9.17) is 20.2 Å². The predicted octanol–water partition coefficient (Wildman–Crippen LogP) is 5.18. The van der Waals surface area contributed by atoms with Crippen molar-refractivity contribution in [1.82, 2.24) is 14.5 Å². The van der Waals surface area contributed by atoms with Gasteiger partial charge in [-0.15, -0.1) is 0 Å². The molecule has 2 heterocycles. The summed E-state index contributed by atoms with van der Waals surface area (Å²) >= 11 is 0. The van der Waals surface area contributed by atoms with Crippen LogP contribution in [0.4, 0.5) is 5.82 Å². The number of benzene rings is 2. The Morgan fingerprint density at radius 3 is 2.73 bits per heavy atom. The Morgan fingerprint density at radius 2 is 1.88 bits per heavy atom. The maximum Gasteiger partial charge on any atom is 0.152 e. The number of nitrogens with zero attached hydrogens (tertiary/aromatic N) is 3. The Kier molecular flexibility index (Phi) is 5.81. The third-order valence-electron chi connectivity index (χ3n) is 5.76. The maximum atomic E-state index is 6.34. The van der Waals surface area contributed by atoms with Crippen LogP contribution in [-0.4, -0.2) is 28.3 Å². The lowest BCUT2D eigenvalue weighted by Crippen LogP contribution is -2.10. The summed E-state index contributed by atoms with van der Waals surface area (Å²) in [6.07, 6.45) is 11.7. The van der Waals surface area contributed by atoms with Crippen LogP contribution in [0.1, 0.15) is 17.8 Å². The molecule has 0 amide bonds. The lowest BCUT2D eigenvalue weighted by molar-refractivity contribution is 0.211. The van der Waals surface area contributed by atoms with Crippen molar-refractivity contribution in [3.8, 4) is 5.75 Å². The van der Waals surface area contributed by atoms with E-state index < -0.39 is 0 Å². The van der Waals surface area contributed by atoms with Gasteiger partial charge in [0.05, 0.1) is 24.7 Å². The largest absolute Gasteiger partial charge is 0.497 e. The molecule has 2 aromatic heterocycles. The van der Waals surface area contributed by atoms with Crippen LogP contribution in [0.2, 0.25) is 0 Å². The molecule has 2 aromatic carbocycles. The molecule has 2 N–H and O–H groups in total. The summed E-state index contributed by atoms with van der Waals surface area (Å²) in [6, 6.07) is 16.1. The molecule has 1 aliphatic rings. The van der Waals surface area contributed by atoms with Crippen molar-refractivity contribution in [1.29, 1.82) is 0 Å². The molecule has 0 fully saturated rings. The van der Waals surface area contributed by atoms with Crippen LogP contribution < -0.4 is 10.5 Å². The molecule has 5 rings (SSSR count). The number of para-hydroxylation sites is 1. The maximum absolute atomic E-state index is 6.34. The van der Waals surface area contributed by atoms with Gasteiger partial charge in [-0.3, -0.25) is 0 Å². The standard InChI is InChI=1S/C27H26N4O2/c1-32-20-14-12-19(13-15-20)18-24-30-25-26(22-10-6-7-11-23(22)29-27(25)28)31(24)16-17-33-21-8-4-2-3-5-9-21/h2-4,6-15H,5,16-18H2,1H3,(H2,28,29). The minimum atomic E-state index is 0.444. The zero-order chi connectivity index (χ0) is 22.6. The van der Waals surface area contributed by atoms with E-state index in [1.165, 1.54) is 0 Å². The number of pyridine rings is 1. The van der Waals surface area contributed by atoms with Crippen LogP contribution in [0.25, 0.3) is 21.9 Å². The highest BCUT2D eigenvalue weighted by atomic mass is 16.5. The molecule has 6 heteroatoms. The number of anilines is 1. The van der Waals surface area contributed by atoms with Crippen LogP contribution in [0.3, 0.4) is 0 Å². The first-order valence-corrected chi connectivity index (χ1v) is 11.1.